The quantitative estimate of drug-likeness (QED) is 0.482. The maximum absolute atomic E-state index is 12.7. The van der Waals surface area contributed by atoms with Gasteiger partial charge in [-0.05, 0) is 30.9 Å². The van der Waals surface area contributed by atoms with Crippen molar-refractivity contribution in [1.82, 2.24) is 14.8 Å². The van der Waals surface area contributed by atoms with E-state index >= 15 is 0 Å². The number of carbonyl (C=O) groups is 1. The van der Waals surface area contributed by atoms with Crippen molar-refractivity contribution in [3.63, 3.8) is 0 Å². The molecule has 132 valence electrons. The van der Waals surface area contributed by atoms with Gasteiger partial charge in [-0.1, -0.05) is 12.1 Å². The number of hydrogen-bond donors (Lipinski definition) is 1. The fraction of sp³-hybridized carbons (Fsp3) is 0.353. The number of anilines is 1. The van der Waals surface area contributed by atoms with Crippen LogP contribution in [-0.4, -0.2) is 47.3 Å². The van der Waals surface area contributed by atoms with Gasteiger partial charge in [0.1, 0.15) is 19.0 Å². The minimum Gasteiger partial charge on any atom is -0.460 e. The van der Waals surface area contributed by atoms with E-state index < -0.39 is 0 Å². The second kappa shape index (κ2) is 7.71. The molecule has 2 aromatic rings. The molecule has 2 heterocycles. The molecule has 0 spiro atoms. The molecule has 0 fully saturated rings. The minimum atomic E-state index is -0.387. The van der Waals surface area contributed by atoms with Crippen molar-refractivity contribution in [1.29, 1.82) is 0 Å². The fourth-order valence-corrected chi connectivity index (χ4v) is 3.15. The van der Waals surface area contributed by atoms with Crippen LogP contribution in [-0.2, 0) is 14.3 Å². The molecule has 1 atom stereocenters. The molecular formula is C17H20N4O3S. The van der Waals surface area contributed by atoms with Gasteiger partial charge in [0.05, 0.1) is 12.2 Å². The van der Waals surface area contributed by atoms with Crippen molar-refractivity contribution in [2.45, 2.75) is 17.9 Å². The van der Waals surface area contributed by atoms with E-state index in [1.165, 1.54) is 6.33 Å². The average molecular weight is 360 g/mol. The lowest BCUT2D eigenvalue weighted by Crippen LogP contribution is -2.30. The molecule has 0 aliphatic carbocycles. The lowest BCUT2D eigenvalue weighted by Gasteiger charge is -2.28. The van der Waals surface area contributed by atoms with Crippen LogP contribution in [0.4, 0.5) is 5.95 Å². The van der Waals surface area contributed by atoms with Crippen molar-refractivity contribution in [2.24, 2.45) is 0 Å². The zero-order valence-corrected chi connectivity index (χ0v) is 15.2. The van der Waals surface area contributed by atoms with Crippen molar-refractivity contribution < 1.29 is 14.3 Å². The number of carbonyl (C=O) groups excluding carboxylic acids is 1. The highest BCUT2D eigenvalue weighted by atomic mass is 32.2. The first-order valence-electron chi connectivity index (χ1n) is 7.83. The van der Waals surface area contributed by atoms with Crippen molar-refractivity contribution >= 4 is 23.7 Å². The third-order valence-corrected chi connectivity index (χ3v) is 4.71. The third kappa shape index (κ3) is 3.54. The van der Waals surface area contributed by atoms with E-state index in [2.05, 4.69) is 15.4 Å². The number of ether oxygens (including phenoxy) is 2. The monoisotopic (exact) mass is 360 g/mol. The first-order valence-corrected chi connectivity index (χ1v) is 9.05. The Bertz CT molecular complexity index is 785. The zero-order valence-electron chi connectivity index (χ0n) is 14.4. The number of hydrogen-bond acceptors (Lipinski definition) is 7. The number of benzene rings is 1. The predicted octanol–water partition coefficient (Wildman–Crippen LogP) is 2.48. The van der Waals surface area contributed by atoms with Crippen LogP contribution in [0.1, 0.15) is 18.5 Å². The Labute approximate surface area is 150 Å². The third-order valence-electron chi connectivity index (χ3n) is 3.97. The Morgan fingerprint density at radius 1 is 1.32 bits per heavy atom. The van der Waals surface area contributed by atoms with E-state index in [0.717, 1.165) is 10.5 Å². The summed E-state index contributed by atoms with van der Waals surface area (Å²) in [5.41, 5.74) is 2.18. The Kier molecular flexibility index (Phi) is 5.40. The number of methoxy groups -OCH3 is 1. The van der Waals surface area contributed by atoms with Crippen LogP contribution in [0.15, 0.2) is 46.8 Å². The number of nitrogens with one attached hydrogen (secondary N) is 1. The van der Waals surface area contributed by atoms with E-state index in [-0.39, 0.29) is 18.6 Å². The summed E-state index contributed by atoms with van der Waals surface area (Å²) < 4.78 is 12.0. The Morgan fingerprint density at radius 2 is 2.08 bits per heavy atom. The topological polar surface area (TPSA) is 78.3 Å². The van der Waals surface area contributed by atoms with E-state index in [4.69, 9.17) is 9.47 Å². The molecule has 8 heteroatoms. The van der Waals surface area contributed by atoms with Gasteiger partial charge in [0, 0.05) is 17.7 Å². The first kappa shape index (κ1) is 17.5. The molecule has 25 heavy (non-hydrogen) atoms. The number of thioether (sulfide) groups is 1. The lowest BCUT2D eigenvalue weighted by atomic mass is 9.96. The maximum Gasteiger partial charge on any atom is 0.338 e. The maximum atomic E-state index is 12.7. The summed E-state index contributed by atoms with van der Waals surface area (Å²) in [6.45, 7) is 2.40. The van der Waals surface area contributed by atoms with Crippen molar-refractivity contribution in [3.8, 4) is 0 Å². The molecule has 3 rings (SSSR count). The van der Waals surface area contributed by atoms with Crippen LogP contribution < -0.4 is 5.32 Å². The molecule has 0 saturated heterocycles. The first-order chi connectivity index (χ1) is 12.2. The Morgan fingerprint density at radius 3 is 2.76 bits per heavy atom. The van der Waals surface area contributed by atoms with Gasteiger partial charge in [0.2, 0.25) is 5.95 Å². The Hall–Kier alpha value is -2.32. The summed E-state index contributed by atoms with van der Waals surface area (Å²) in [5.74, 6) is 0.215. The van der Waals surface area contributed by atoms with E-state index in [0.29, 0.717) is 23.8 Å². The van der Waals surface area contributed by atoms with Gasteiger partial charge in [-0.2, -0.15) is 10.1 Å². The number of aromatic nitrogens is 3. The SMILES string of the molecule is COCCOC(=O)C1=C(C)Nc2ncnn2[C@@H]1c1ccc(SC)cc1. The Balaban J connectivity index is 1.99. The summed E-state index contributed by atoms with van der Waals surface area (Å²) in [7, 11) is 1.57. The molecular weight excluding hydrogens is 340 g/mol. The van der Waals surface area contributed by atoms with Crippen LogP contribution >= 0.6 is 11.8 Å². The largest absolute Gasteiger partial charge is 0.460 e. The number of allylic oxidation sites excluding steroid dienone is 1. The summed E-state index contributed by atoms with van der Waals surface area (Å²) in [6, 6.07) is 7.68. The summed E-state index contributed by atoms with van der Waals surface area (Å²) in [5, 5.41) is 7.41. The van der Waals surface area contributed by atoms with Gasteiger partial charge in [-0.25, -0.2) is 9.48 Å². The molecule has 0 saturated carbocycles. The minimum absolute atomic E-state index is 0.203. The molecule has 1 aliphatic rings. The molecule has 7 nitrogen and oxygen atoms in total. The van der Waals surface area contributed by atoms with Crippen LogP contribution in [0.5, 0.6) is 0 Å². The smallest absolute Gasteiger partial charge is 0.338 e. The predicted molar refractivity (Wildman–Crippen MR) is 95.5 cm³/mol. The zero-order chi connectivity index (χ0) is 17.8. The van der Waals surface area contributed by atoms with Crippen LogP contribution in [0.25, 0.3) is 0 Å². The fourth-order valence-electron chi connectivity index (χ4n) is 2.75. The number of esters is 1. The average Bonchev–Trinajstić information content (AvgIpc) is 3.08. The molecule has 0 amide bonds. The van der Waals surface area contributed by atoms with Gasteiger partial charge < -0.3 is 14.8 Å². The van der Waals surface area contributed by atoms with Crippen molar-refractivity contribution in [2.75, 3.05) is 31.9 Å². The highest BCUT2D eigenvalue weighted by Gasteiger charge is 2.34. The lowest BCUT2D eigenvalue weighted by molar-refractivity contribution is -0.140. The highest BCUT2D eigenvalue weighted by Crippen LogP contribution is 2.35. The summed E-state index contributed by atoms with van der Waals surface area (Å²) in [6.07, 6.45) is 3.50. The van der Waals surface area contributed by atoms with E-state index in [1.54, 1.807) is 23.6 Å². The van der Waals surface area contributed by atoms with Crippen molar-refractivity contribution in [3.05, 3.63) is 47.4 Å². The summed E-state index contributed by atoms with van der Waals surface area (Å²) >= 11 is 1.67. The second-order valence-corrected chi connectivity index (χ2v) is 6.38. The molecule has 1 aliphatic heterocycles. The molecule has 0 bridgehead atoms. The second-order valence-electron chi connectivity index (χ2n) is 5.50. The van der Waals surface area contributed by atoms with Crippen LogP contribution in [0, 0.1) is 0 Å². The van der Waals surface area contributed by atoms with Gasteiger partial charge >= 0.3 is 5.97 Å². The van der Waals surface area contributed by atoms with Gasteiger partial charge in [-0.3, -0.25) is 0 Å². The van der Waals surface area contributed by atoms with Gasteiger partial charge in [0.15, 0.2) is 0 Å². The molecule has 1 aromatic carbocycles. The number of nitrogens with zero attached hydrogens (tertiary/aromatic N) is 3. The molecule has 0 radical (unpaired) electrons. The van der Waals surface area contributed by atoms with Gasteiger partial charge in [0.25, 0.3) is 0 Å². The van der Waals surface area contributed by atoms with Gasteiger partial charge in [-0.15, -0.1) is 11.8 Å². The van der Waals surface area contributed by atoms with E-state index in [9.17, 15) is 4.79 Å². The highest BCUT2D eigenvalue weighted by molar-refractivity contribution is 7.98. The summed E-state index contributed by atoms with van der Waals surface area (Å²) in [4.78, 5) is 18.1. The molecule has 1 N–H and O–H groups in total. The number of fused-ring (bicyclic) bond motifs is 1. The standard InChI is InChI=1S/C17H20N4O3S/c1-11-14(16(22)24-9-8-23-2)15(21-17(20-11)18-10-19-21)12-4-6-13(25-3)7-5-12/h4-7,10,15H,8-9H2,1-3H3,(H,18,19,20)/t15-/m1/s1. The normalized spacial score (nSPS) is 16.4. The molecule has 1 aromatic heterocycles. The van der Waals surface area contributed by atoms with Crippen LogP contribution in [0.3, 0.4) is 0 Å². The van der Waals surface area contributed by atoms with E-state index in [1.807, 2.05) is 37.4 Å². The molecule has 0 unspecified atom stereocenters. The van der Waals surface area contributed by atoms with Crippen LogP contribution in [0.2, 0.25) is 0 Å². The number of rotatable bonds is 6.